The normalized spacial score (nSPS) is 11.8. The van der Waals surface area contributed by atoms with E-state index < -0.39 is 0 Å². The Hall–Kier alpha value is -8.61. The second kappa shape index (κ2) is 14.0. The molecule has 0 saturated heterocycles. The summed E-state index contributed by atoms with van der Waals surface area (Å²) in [6.45, 7) is 0. The Morgan fingerprint density at radius 1 is 0.333 bits per heavy atom. The first kappa shape index (κ1) is 35.2. The van der Waals surface area contributed by atoms with E-state index in [4.69, 9.17) is 19.4 Å². The van der Waals surface area contributed by atoms with Crippen molar-refractivity contribution in [3.63, 3.8) is 0 Å². The molecule has 0 aliphatic heterocycles. The Bertz CT molecular complexity index is 3900. The Labute approximate surface area is 361 Å². The van der Waals surface area contributed by atoms with Crippen LogP contribution in [0, 0.1) is 0 Å². The highest BCUT2D eigenvalue weighted by Gasteiger charge is 2.25. The summed E-state index contributed by atoms with van der Waals surface area (Å²) in [6, 6.07) is 74.5. The third-order valence-electron chi connectivity index (χ3n) is 12.4. The fourth-order valence-electron chi connectivity index (χ4n) is 9.63. The molecule has 4 heterocycles. The number of benzene rings is 9. The van der Waals surface area contributed by atoms with E-state index in [2.05, 4.69) is 173 Å². The van der Waals surface area contributed by atoms with Gasteiger partial charge in [-0.1, -0.05) is 170 Å². The van der Waals surface area contributed by atoms with E-state index in [1.54, 1.807) is 0 Å². The largest absolute Gasteiger partial charge is 0.456 e. The molecular weight excluding hydrogens is 771 g/mol. The molecule has 0 spiro atoms. The molecule has 4 aromatic heterocycles. The zero-order valence-corrected chi connectivity index (χ0v) is 33.9. The molecule has 0 radical (unpaired) electrons. The van der Waals surface area contributed by atoms with Crippen LogP contribution in [0.3, 0.4) is 0 Å². The highest BCUT2D eigenvalue weighted by Crippen LogP contribution is 2.44. The Balaban J connectivity index is 1.14. The van der Waals surface area contributed by atoms with Gasteiger partial charge in [0.15, 0.2) is 11.6 Å². The third-order valence-corrected chi connectivity index (χ3v) is 12.4. The smallest absolute Gasteiger partial charge is 0.238 e. The summed E-state index contributed by atoms with van der Waals surface area (Å²) in [6.07, 6.45) is 0. The summed E-state index contributed by atoms with van der Waals surface area (Å²) >= 11 is 0. The topological polar surface area (TPSA) is 61.7 Å². The van der Waals surface area contributed by atoms with Crippen LogP contribution in [0.4, 0.5) is 0 Å². The average molecular weight is 806 g/mol. The van der Waals surface area contributed by atoms with Crippen LogP contribution in [-0.4, -0.2) is 24.1 Å². The maximum Gasteiger partial charge on any atom is 0.238 e. The minimum atomic E-state index is 0.538. The maximum atomic E-state index is 6.36. The van der Waals surface area contributed by atoms with Crippen molar-refractivity contribution in [2.24, 2.45) is 0 Å². The van der Waals surface area contributed by atoms with Crippen LogP contribution >= 0.6 is 0 Å². The summed E-state index contributed by atoms with van der Waals surface area (Å²) in [5.74, 6) is 1.70. The zero-order valence-electron chi connectivity index (χ0n) is 33.9. The van der Waals surface area contributed by atoms with Crippen molar-refractivity contribution in [2.75, 3.05) is 0 Å². The van der Waals surface area contributed by atoms with Gasteiger partial charge in [0.25, 0.3) is 0 Å². The molecule has 0 aliphatic rings. The summed E-state index contributed by atoms with van der Waals surface area (Å²) < 4.78 is 11.1. The van der Waals surface area contributed by atoms with Gasteiger partial charge in [-0.3, -0.25) is 4.57 Å². The highest BCUT2D eigenvalue weighted by molar-refractivity contribution is 6.26. The van der Waals surface area contributed by atoms with Gasteiger partial charge in [-0.15, -0.1) is 0 Å². The molecule has 0 aliphatic carbocycles. The molecular formula is C57H35N5O. The predicted octanol–water partition coefficient (Wildman–Crippen LogP) is 14.6. The molecule has 6 nitrogen and oxygen atoms in total. The van der Waals surface area contributed by atoms with Gasteiger partial charge in [-0.25, -0.2) is 4.98 Å². The summed E-state index contributed by atoms with van der Waals surface area (Å²) in [5, 5.41) is 6.50. The number of rotatable bonds is 6. The molecule has 9 aromatic carbocycles. The van der Waals surface area contributed by atoms with Crippen molar-refractivity contribution in [3.05, 3.63) is 212 Å². The second-order valence-electron chi connectivity index (χ2n) is 16.0. The molecule has 13 rings (SSSR count). The lowest BCUT2D eigenvalue weighted by Crippen LogP contribution is -2.06. The lowest BCUT2D eigenvalue weighted by molar-refractivity contribution is 0.669. The summed E-state index contributed by atoms with van der Waals surface area (Å²) in [7, 11) is 0. The van der Waals surface area contributed by atoms with E-state index in [0.717, 1.165) is 93.5 Å². The third kappa shape index (κ3) is 5.48. The van der Waals surface area contributed by atoms with Gasteiger partial charge < -0.3 is 8.98 Å². The molecule has 0 fully saturated rings. The SMILES string of the molecule is c1ccc(-c2ccc(-n3c4ccccc4c4c3ccc3c5ccccc5n(-c5nc(-c6ccccc6)nc(-c6cccc7oc8ccccc8c67)n5)c34)c(-c3ccccc3)c2)cc1. The molecule has 13 aromatic rings. The number of nitrogens with zero attached hydrogens (tertiary/aromatic N) is 5. The molecule has 294 valence electrons. The standard InChI is InChI=1S/C57H35N5O/c1-4-17-36(18-5-1)39-31-33-48(45(35-39)37-19-6-2-7-20-37)61-47-28-14-11-24-42(47)53-49(61)34-32-41-40-23-10-13-27-46(40)62(54(41)53)57-59-55(38-21-8-3-9-22-38)58-56(60-57)44-26-16-30-51-52(44)43-25-12-15-29-50(43)63-51/h1-35H. The van der Waals surface area contributed by atoms with E-state index >= 15 is 0 Å². The highest BCUT2D eigenvalue weighted by atomic mass is 16.3. The average Bonchev–Trinajstić information content (AvgIpc) is 4.02. The first-order valence-electron chi connectivity index (χ1n) is 21.2. The maximum absolute atomic E-state index is 6.36. The molecule has 0 saturated carbocycles. The van der Waals surface area contributed by atoms with Crippen LogP contribution in [0.25, 0.3) is 122 Å². The van der Waals surface area contributed by atoms with E-state index in [9.17, 15) is 0 Å². The van der Waals surface area contributed by atoms with Gasteiger partial charge in [0, 0.05) is 49.0 Å². The summed E-state index contributed by atoms with van der Waals surface area (Å²) in [4.78, 5) is 16.0. The van der Waals surface area contributed by atoms with Gasteiger partial charge in [0.2, 0.25) is 5.95 Å². The first-order chi connectivity index (χ1) is 31.3. The van der Waals surface area contributed by atoms with Crippen molar-refractivity contribution in [3.8, 4) is 56.7 Å². The Kier molecular flexibility index (Phi) is 7.80. The molecule has 0 bridgehead atoms. The van der Waals surface area contributed by atoms with E-state index in [0.29, 0.717) is 17.6 Å². The number of furan rings is 1. The monoisotopic (exact) mass is 805 g/mol. The van der Waals surface area contributed by atoms with E-state index in [-0.39, 0.29) is 0 Å². The Morgan fingerprint density at radius 2 is 0.952 bits per heavy atom. The second-order valence-corrected chi connectivity index (χ2v) is 16.0. The Morgan fingerprint density at radius 3 is 1.73 bits per heavy atom. The van der Waals surface area contributed by atoms with Crippen LogP contribution < -0.4 is 0 Å². The van der Waals surface area contributed by atoms with Crippen LogP contribution in [0.15, 0.2) is 217 Å². The molecule has 6 heteroatoms. The lowest BCUT2D eigenvalue weighted by Gasteiger charge is -2.16. The van der Waals surface area contributed by atoms with Crippen LogP contribution in [-0.2, 0) is 0 Å². The van der Waals surface area contributed by atoms with Gasteiger partial charge in [0.05, 0.1) is 27.8 Å². The first-order valence-corrected chi connectivity index (χ1v) is 21.2. The van der Waals surface area contributed by atoms with Crippen molar-refractivity contribution >= 4 is 65.6 Å². The van der Waals surface area contributed by atoms with Crippen LogP contribution in [0.5, 0.6) is 0 Å². The van der Waals surface area contributed by atoms with Crippen molar-refractivity contribution in [1.82, 2.24) is 24.1 Å². The van der Waals surface area contributed by atoms with Crippen LogP contribution in [0.2, 0.25) is 0 Å². The fraction of sp³-hybridized carbons (Fsp3) is 0. The molecule has 63 heavy (non-hydrogen) atoms. The zero-order chi connectivity index (χ0) is 41.4. The van der Waals surface area contributed by atoms with Crippen molar-refractivity contribution in [2.45, 2.75) is 0 Å². The van der Waals surface area contributed by atoms with Gasteiger partial charge in [-0.05, 0) is 59.2 Å². The van der Waals surface area contributed by atoms with Gasteiger partial charge >= 0.3 is 0 Å². The van der Waals surface area contributed by atoms with Gasteiger partial charge in [0.1, 0.15) is 11.2 Å². The number of aromatic nitrogens is 5. The number of hydrogen-bond donors (Lipinski definition) is 0. The quantitative estimate of drug-likeness (QED) is 0.168. The number of hydrogen-bond acceptors (Lipinski definition) is 4. The minimum Gasteiger partial charge on any atom is -0.456 e. The van der Waals surface area contributed by atoms with E-state index in [1.165, 1.54) is 11.1 Å². The predicted molar refractivity (Wildman–Crippen MR) is 258 cm³/mol. The van der Waals surface area contributed by atoms with Crippen molar-refractivity contribution < 1.29 is 4.42 Å². The molecule has 0 atom stereocenters. The molecule has 0 N–H and O–H groups in total. The van der Waals surface area contributed by atoms with Crippen molar-refractivity contribution in [1.29, 1.82) is 0 Å². The lowest BCUT2D eigenvalue weighted by atomic mass is 9.97. The summed E-state index contributed by atoms with van der Waals surface area (Å²) in [5.41, 5.74) is 13.4. The number of fused-ring (bicyclic) bond motifs is 10. The number of para-hydroxylation sites is 3. The molecule has 0 unspecified atom stereocenters. The fourth-order valence-corrected chi connectivity index (χ4v) is 9.63. The van der Waals surface area contributed by atoms with E-state index in [1.807, 2.05) is 48.5 Å². The minimum absolute atomic E-state index is 0.538. The van der Waals surface area contributed by atoms with Crippen LogP contribution in [0.1, 0.15) is 0 Å². The molecule has 0 amide bonds. The van der Waals surface area contributed by atoms with Gasteiger partial charge in [-0.2, -0.15) is 9.97 Å².